The van der Waals surface area contributed by atoms with Crippen molar-refractivity contribution in [1.29, 1.82) is 0 Å². The summed E-state index contributed by atoms with van der Waals surface area (Å²) in [4.78, 5) is 24.7. The largest absolute Gasteiger partial charge is 0.454 e. The average molecular weight is 470 g/mol. The number of esters is 1. The van der Waals surface area contributed by atoms with E-state index in [2.05, 4.69) is 10.4 Å². The summed E-state index contributed by atoms with van der Waals surface area (Å²) in [6, 6.07) is 16.5. The van der Waals surface area contributed by atoms with Crippen molar-refractivity contribution in [3.63, 3.8) is 0 Å². The fourth-order valence-electron chi connectivity index (χ4n) is 3.76. The van der Waals surface area contributed by atoms with Crippen molar-refractivity contribution in [3.05, 3.63) is 77.7 Å². The number of fused-ring (bicyclic) bond motifs is 1. The van der Waals surface area contributed by atoms with Crippen molar-refractivity contribution >= 4 is 28.5 Å². The van der Waals surface area contributed by atoms with Crippen LogP contribution in [0.3, 0.4) is 0 Å². The summed E-state index contributed by atoms with van der Waals surface area (Å²) < 4.78 is 47.8. The lowest BCUT2D eigenvalue weighted by molar-refractivity contribution is -0.151. The molecule has 4 rings (SSSR count). The molecule has 10 heteroatoms. The highest BCUT2D eigenvalue weighted by atomic mass is 19.4. The third kappa shape index (κ3) is 4.66. The first-order valence-corrected chi connectivity index (χ1v) is 10.4. The van der Waals surface area contributed by atoms with Gasteiger partial charge in [-0.05, 0) is 38.1 Å². The monoisotopic (exact) mass is 470 g/mol. The number of nitrogens with zero attached hydrogens (tertiary/aromatic N) is 3. The van der Waals surface area contributed by atoms with Crippen LogP contribution in [-0.4, -0.2) is 32.8 Å². The summed E-state index contributed by atoms with van der Waals surface area (Å²) >= 11 is 0. The molecule has 0 spiro atoms. The van der Waals surface area contributed by atoms with Gasteiger partial charge >= 0.3 is 12.1 Å². The molecular formula is C24H21F3N4O3. The lowest BCUT2D eigenvalue weighted by Gasteiger charge is -2.13. The number of benzene rings is 2. The smallest absolute Gasteiger partial charge is 0.431 e. The van der Waals surface area contributed by atoms with Gasteiger partial charge in [-0.1, -0.05) is 36.4 Å². The molecule has 0 unspecified atom stereocenters. The van der Waals surface area contributed by atoms with Crippen LogP contribution in [0, 0.1) is 13.8 Å². The number of ether oxygens (including phenoxy) is 1. The number of halogens is 3. The number of aromatic nitrogens is 3. The first kappa shape index (κ1) is 23.1. The molecule has 0 saturated heterocycles. The normalized spacial score (nSPS) is 11.6. The number of rotatable bonds is 6. The Morgan fingerprint density at radius 1 is 1.03 bits per heavy atom. The zero-order chi connectivity index (χ0) is 24.5. The second-order valence-corrected chi connectivity index (χ2v) is 7.67. The quantitative estimate of drug-likeness (QED) is 0.417. The summed E-state index contributed by atoms with van der Waals surface area (Å²) in [7, 11) is 0. The molecule has 0 atom stereocenters. The van der Waals surface area contributed by atoms with Gasteiger partial charge in [-0.2, -0.15) is 18.3 Å². The maximum Gasteiger partial charge on any atom is 0.431 e. The van der Waals surface area contributed by atoms with Crippen LogP contribution in [-0.2, 0) is 27.0 Å². The minimum atomic E-state index is -4.65. The molecule has 0 fully saturated rings. The summed E-state index contributed by atoms with van der Waals surface area (Å²) in [5.41, 5.74) is 1.81. The minimum absolute atomic E-state index is 0.246. The average Bonchev–Trinajstić information content (AvgIpc) is 3.31. The number of anilines is 1. The first-order valence-electron chi connectivity index (χ1n) is 10.4. The molecular weight excluding hydrogens is 449 g/mol. The molecule has 7 nitrogen and oxygen atoms in total. The van der Waals surface area contributed by atoms with E-state index in [-0.39, 0.29) is 5.52 Å². The van der Waals surface area contributed by atoms with Gasteiger partial charge in [0.25, 0.3) is 5.91 Å². The number of aryl methyl sites for hydroxylation is 1. The Hall–Kier alpha value is -4.08. The van der Waals surface area contributed by atoms with Crippen LogP contribution < -0.4 is 5.32 Å². The van der Waals surface area contributed by atoms with Gasteiger partial charge in [0.2, 0.25) is 0 Å². The van der Waals surface area contributed by atoms with Gasteiger partial charge in [0, 0.05) is 10.9 Å². The molecule has 0 aliphatic carbocycles. The molecule has 0 aliphatic heterocycles. The molecule has 176 valence electrons. The Morgan fingerprint density at radius 3 is 2.41 bits per heavy atom. The van der Waals surface area contributed by atoms with E-state index >= 15 is 0 Å². The Morgan fingerprint density at radius 2 is 1.71 bits per heavy atom. The van der Waals surface area contributed by atoms with E-state index in [1.165, 1.54) is 12.1 Å². The maximum atomic E-state index is 13.4. The van der Waals surface area contributed by atoms with E-state index in [1.54, 1.807) is 30.7 Å². The van der Waals surface area contributed by atoms with Crippen LogP contribution in [0.15, 0.2) is 60.7 Å². The molecule has 0 bridgehead atoms. The van der Waals surface area contributed by atoms with E-state index in [0.29, 0.717) is 22.5 Å². The lowest BCUT2D eigenvalue weighted by Crippen LogP contribution is -2.24. The Kier molecular flexibility index (Phi) is 6.14. The van der Waals surface area contributed by atoms with Crippen LogP contribution in [0.2, 0.25) is 0 Å². The number of nitrogens with one attached hydrogen (secondary N) is 1. The Bertz CT molecular complexity index is 1360. The minimum Gasteiger partial charge on any atom is -0.454 e. The van der Waals surface area contributed by atoms with E-state index in [9.17, 15) is 22.8 Å². The summed E-state index contributed by atoms with van der Waals surface area (Å²) in [5, 5.41) is 7.44. The van der Waals surface area contributed by atoms with Gasteiger partial charge in [0.05, 0.1) is 22.8 Å². The highest BCUT2D eigenvalue weighted by molar-refractivity contribution is 5.94. The fourth-order valence-corrected chi connectivity index (χ4v) is 3.76. The van der Waals surface area contributed by atoms with Crippen LogP contribution in [0.5, 0.6) is 0 Å². The van der Waals surface area contributed by atoms with E-state index in [1.807, 2.05) is 30.3 Å². The topological polar surface area (TPSA) is 78.2 Å². The van der Waals surface area contributed by atoms with E-state index < -0.39 is 36.9 Å². The zero-order valence-electron chi connectivity index (χ0n) is 18.4. The molecule has 0 radical (unpaired) electrons. The molecule has 1 amide bonds. The first-order chi connectivity index (χ1) is 16.1. The van der Waals surface area contributed by atoms with Crippen molar-refractivity contribution in [2.75, 3.05) is 11.9 Å². The molecule has 0 saturated carbocycles. The lowest BCUT2D eigenvalue weighted by atomic mass is 10.2. The van der Waals surface area contributed by atoms with Crippen LogP contribution in [0.25, 0.3) is 16.6 Å². The van der Waals surface area contributed by atoms with Gasteiger partial charge in [-0.25, -0.2) is 4.68 Å². The SMILES string of the molecule is Cc1nn(-c2ccccc2)c(C)c1NC(=O)COC(=O)Cn1c(C(F)(F)F)cc2ccccc21. The second-order valence-electron chi connectivity index (χ2n) is 7.67. The third-order valence-electron chi connectivity index (χ3n) is 5.31. The number of hydrogen-bond donors (Lipinski definition) is 1. The number of carbonyl (C=O) groups excluding carboxylic acids is 2. The van der Waals surface area contributed by atoms with Crippen LogP contribution >= 0.6 is 0 Å². The highest BCUT2D eigenvalue weighted by Crippen LogP contribution is 2.34. The zero-order valence-corrected chi connectivity index (χ0v) is 18.4. The highest BCUT2D eigenvalue weighted by Gasteiger charge is 2.36. The molecule has 4 aromatic rings. The predicted molar refractivity (Wildman–Crippen MR) is 120 cm³/mol. The Labute approximate surface area is 192 Å². The summed E-state index contributed by atoms with van der Waals surface area (Å²) in [5.74, 6) is -1.59. The summed E-state index contributed by atoms with van der Waals surface area (Å²) in [6.45, 7) is 2.18. The fraction of sp³-hybridized carbons (Fsp3) is 0.208. The Balaban J connectivity index is 1.43. The van der Waals surface area contributed by atoms with Crippen molar-refractivity contribution in [1.82, 2.24) is 14.3 Å². The van der Waals surface area contributed by atoms with Gasteiger partial charge in [0.1, 0.15) is 12.2 Å². The molecule has 2 heterocycles. The van der Waals surface area contributed by atoms with Crippen LogP contribution in [0.1, 0.15) is 17.1 Å². The standard InChI is InChI=1S/C24H21F3N4O3/c1-15-23(16(2)31(29-15)18-9-4-3-5-10-18)28-21(32)14-34-22(33)13-30-19-11-7-6-8-17(19)12-20(30)24(25,26)27/h3-12H,13-14H2,1-2H3,(H,28,32). The number of alkyl halides is 3. The van der Waals surface area contributed by atoms with Crippen molar-refractivity contribution in [2.45, 2.75) is 26.6 Å². The molecule has 1 N–H and O–H groups in total. The van der Waals surface area contributed by atoms with Gasteiger partial charge in [0.15, 0.2) is 6.61 Å². The molecule has 2 aromatic heterocycles. The predicted octanol–water partition coefficient (Wildman–Crippen LogP) is 4.64. The van der Waals surface area contributed by atoms with E-state index in [4.69, 9.17) is 4.74 Å². The number of carbonyl (C=O) groups is 2. The number of amides is 1. The second kappa shape index (κ2) is 9.05. The van der Waals surface area contributed by atoms with Crippen molar-refractivity contribution in [2.24, 2.45) is 0 Å². The molecule has 34 heavy (non-hydrogen) atoms. The molecule has 2 aromatic carbocycles. The van der Waals surface area contributed by atoms with Gasteiger partial charge < -0.3 is 14.6 Å². The van der Waals surface area contributed by atoms with Crippen molar-refractivity contribution < 1.29 is 27.5 Å². The number of hydrogen-bond acceptors (Lipinski definition) is 4. The number of para-hydroxylation sites is 2. The van der Waals surface area contributed by atoms with E-state index in [0.717, 1.165) is 16.3 Å². The van der Waals surface area contributed by atoms with Crippen molar-refractivity contribution in [3.8, 4) is 5.69 Å². The summed E-state index contributed by atoms with van der Waals surface area (Å²) in [6.07, 6.45) is -4.65. The maximum absolute atomic E-state index is 13.4. The third-order valence-corrected chi connectivity index (χ3v) is 5.31. The van der Waals surface area contributed by atoms with Gasteiger partial charge in [-0.15, -0.1) is 0 Å². The van der Waals surface area contributed by atoms with Crippen LogP contribution in [0.4, 0.5) is 18.9 Å². The van der Waals surface area contributed by atoms with Gasteiger partial charge in [-0.3, -0.25) is 9.59 Å². The molecule has 0 aliphatic rings.